The fraction of sp³-hybridized carbons (Fsp3) is 0.421. The van der Waals surface area contributed by atoms with Crippen LogP contribution >= 0.6 is 0 Å². The van der Waals surface area contributed by atoms with E-state index < -0.39 is 5.92 Å². The molecule has 0 spiro atoms. The highest BCUT2D eigenvalue weighted by molar-refractivity contribution is 5.89. The number of aromatic nitrogens is 2. The van der Waals surface area contributed by atoms with Crippen molar-refractivity contribution >= 4 is 5.78 Å². The molecule has 1 saturated carbocycles. The summed E-state index contributed by atoms with van der Waals surface area (Å²) in [4.78, 5) is 16.9. The van der Waals surface area contributed by atoms with Crippen LogP contribution in [-0.4, -0.2) is 15.3 Å². The van der Waals surface area contributed by atoms with Crippen molar-refractivity contribution in [3.05, 3.63) is 54.1 Å². The third kappa shape index (κ3) is 3.19. The average molecular weight is 307 g/mol. The van der Waals surface area contributed by atoms with Crippen molar-refractivity contribution in [1.82, 2.24) is 9.55 Å². The van der Waals surface area contributed by atoms with Crippen molar-refractivity contribution in [1.29, 1.82) is 5.26 Å². The molecule has 0 bridgehead atoms. The SMILES string of the molecule is Cn1ccnc1C(C#N)C(=O)C1CCC(c2ccccc2)CC1. The molecule has 4 nitrogen and oxygen atoms in total. The van der Waals surface area contributed by atoms with Gasteiger partial charge < -0.3 is 4.57 Å². The molecule has 23 heavy (non-hydrogen) atoms. The summed E-state index contributed by atoms with van der Waals surface area (Å²) < 4.78 is 1.77. The lowest BCUT2D eigenvalue weighted by Crippen LogP contribution is -2.27. The lowest BCUT2D eigenvalue weighted by molar-refractivity contribution is -0.124. The van der Waals surface area contributed by atoms with E-state index in [2.05, 4.69) is 35.3 Å². The molecule has 1 unspecified atom stereocenters. The molecule has 1 atom stereocenters. The standard InChI is InChI=1S/C19H21N3O/c1-22-12-11-21-19(22)17(13-20)18(23)16-9-7-15(8-10-16)14-5-3-2-4-6-14/h2-6,11-12,15-17H,7-10H2,1H3. The number of carbonyl (C=O) groups excluding carboxylic acids is 1. The van der Waals surface area contributed by atoms with E-state index in [4.69, 9.17) is 0 Å². The first kappa shape index (κ1) is 15.5. The largest absolute Gasteiger partial charge is 0.337 e. The minimum absolute atomic E-state index is 0.0173. The van der Waals surface area contributed by atoms with Gasteiger partial charge >= 0.3 is 0 Å². The summed E-state index contributed by atoms with van der Waals surface area (Å²) in [5.74, 6) is 0.370. The van der Waals surface area contributed by atoms with Gasteiger partial charge in [0.05, 0.1) is 6.07 Å². The zero-order valence-corrected chi connectivity index (χ0v) is 13.4. The Hall–Kier alpha value is -2.41. The van der Waals surface area contributed by atoms with Crippen molar-refractivity contribution in [3.63, 3.8) is 0 Å². The maximum atomic E-state index is 12.7. The number of benzene rings is 1. The number of aryl methyl sites for hydroxylation is 1. The van der Waals surface area contributed by atoms with Crippen LogP contribution in [0, 0.1) is 17.2 Å². The molecule has 118 valence electrons. The molecule has 0 N–H and O–H groups in total. The van der Waals surface area contributed by atoms with E-state index in [0.717, 1.165) is 25.7 Å². The Morgan fingerprint density at radius 2 is 1.96 bits per heavy atom. The maximum absolute atomic E-state index is 12.7. The van der Waals surface area contributed by atoms with Gasteiger partial charge in [0, 0.05) is 25.4 Å². The van der Waals surface area contributed by atoms with E-state index >= 15 is 0 Å². The van der Waals surface area contributed by atoms with E-state index in [0.29, 0.717) is 11.7 Å². The molecule has 1 aromatic heterocycles. The first-order chi connectivity index (χ1) is 11.2. The van der Waals surface area contributed by atoms with E-state index in [-0.39, 0.29) is 11.7 Å². The van der Waals surface area contributed by atoms with Crippen LogP contribution < -0.4 is 0 Å². The second-order valence-corrected chi connectivity index (χ2v) is 6.32. The van der Waals surface area contributed by atoms with Crippen LogP contribution in [-0.2, 0) is 11.8 Å². The Bertz CT molecular complexity index is 706. The number of carbonyl (C=O) groups is 1. The average Bonchev–Trinajstić information content (AvgIpc) is 3.02. The maximum Gasteiger partial charge on any atom is 0.163 e. The normalized spacial score (nSPS) is 22.3. The molecule has 1 aromatic carbocycles. The van der Waals surface area contributed by atoms with Crippen LogP contribution in [0.25, 0.3) is 0 Å². The predicted octanol–water partition coefficient (Wildman–Crippen LogP) is 3.57. The van der Waals surface area contributed by atoms with Gasteiger partial charge in [-0.2, -0.15) is 5.26 Å². The van der Waals surface area contributed by atoms with Crippen molar-refractivity contribution in [2.75, 3.05) is 0 Å². The smallest absolute Gasteiger partial charge is 0.163 e. The summed E-state index contributed by atoms with van der Waals surface area (Å²) in [7, 11) is 1.83. The van der Waals surface area contributed by atoms with Crippen molar-refractivity contribution in [2.24, 2.45) is 13.0 Å². The van der Waals surface area contributed by atoms with Crippen molar-refractivity contribution < 1.29 is 4.79 Å². The summed E-state index contributed by atoms with van der Waals surface area (Å²) in [5, 5.41) is 9.43. The molecular weight excluding hydrogens is 286 g/mol. The Kier molecular flexibility index (Phi) is 4.57. The van der Waals surface area contributed by atoms with Crippen LogP contribution in [0.15, 0.2) is 42.7 Å². The molecule has 1 aliphatic carbocycles. The predicted molar refractivity (Wildman–Crippen MR) is 87.7 cm³/mol. The summed E-state index contributed by atoms with van der Waals surface area (Å²) in [6.07, 6.45) is 7.17. The van der Waals surface area contributed by atoms with Gasteiger partial charge in [-0.1, -0.05) is 30.3 Å². The fourth-order valence-electron chi connectivity index (χ4n) is 3.58. The minimum Gasteiger partial charge on any atom is -0.337 e. The van der Waals surface area contributed by atoms with Gasteiger partial charge in [-0.3, -0.25) is 4.79 Å². The fourth-order valence-corrected chi connectivity index (χ4v) is 3.58. The molecule has 0 amide bonds. The molecule has 1 aliphatic rings. The molecule has 0 saturated heterocycles. The number of hydrogen-bond acceptors (Lipinski definition) is 3. The monoisotopic (exact) mass is 307 g/mol. The number of ketones is 1. The summed E-state index contributed by atoms with van der Waals surface area (Å²) >= 11 is 0. The van der Waals surface area contributed by atoms with E-state index in [1.54, 1.807) is 17.0 Å². The third-order valence-electron chi connectivity index (χ3n) is 4.93. The minimum atomic E-state index is -0.742. The highest BCUT2D eigenvalue weighted by Crippen LogP contribution is 2.37. The van der Waals surface area contributed by atoms with Crippen LogP contribution in [0.4, 0.5) is 0 Å². The van der Waals surface area contributed by atoms with E-state index in [9.17, 15) is 10.1 Å². The van der Waals surface area contributed by atoms with Crippen LogP contribution in [0.3, 0.4) is 0 Å². The molecule has 1 heterocycles. The quantitative estimate of drug-likeness (QED) is 0.867. The van der Waals surface area contributed by atoms with Gasteiger partial charge in [0.2, 0.25) is 0 Å². The number of hydrogen-bond donors (Lipinski definition) is 0. The van der Waals surface area contributed by atoms with Crippen molar-refractivity contribution in [2.45, 2.75) is 37.5 Å². The highest BCUT2D eigenvalue weighted by Gasteiger charge is 2.33. The lowest BCUT2D eigenvalue weighted by atomic mass is 9.75. The molecule has 0 radical (unpaired) electrons. The van der Waals surface area contributed by atoms with E-state index in [1.165, 1.54) is 5.56 Å². The van der Waals surface area contributed by atoms with Gasteiger partial charge in [0.1, 0.15) is 5.82 Å². The molecule has 4 heteroatoms. The van der Waals surface area contributed by atoms with Crippen LogP contribution in [0.1, 0.15) is 48.9 Å². The summed E-state index contributed by atoms with van der Waals surface area (Å²) in [6, 6.07) is 12.7. The Morgan fingerprint density at radius 3 is 2.52 bits per heavy atom. The second kappa shape index (κ2) is 6.78. The summed E-state index contributed by atoms with van der Waals surface area (Å²) in [6.45, 7) is 0. The second-order valence-electron chi connectivity index (χ2n) is 6.32. The van der Waals surface area contributed by atoms with Crippen molar-refractivity contribution in [3.8, 4) is 6.07 Å². The number of nitrogens with zero attached hydrogens (tertiary/aromatic N) is 3. The number of imidazole rings is 1. The van der Waals surface area contributed by atoms with Gasteiger partial charge in [0.15, 0.2) is 11.7 Å². The number of rotatable bonds is 4. The molecular formula is C19H21N3O. The number of Topliss-reactive ketones (excluding diaryl/α,β-unsaturated/α-hetero) is 1. The first-order valence-corrected chi connectivity index (χ1v) is 8.16. The van der Waals surface area contributed by atoms with Crippen LogP contribution in [0.5, 0.6) is 0 Å². The Labute approximate surface area is 136 Å². The molecule has 1 fully saturated rings. The first-order valence-electron chi connectivity index (χ1n) is 8.16. The van der Waals surface area contributed by atoms with Gasteiger partial charge in [-0.05, 0) is 37.2 Å². The molecule has 3 rings (SSSR count). The number of nitriles is 1. The third-order valence-corrected chi connectivity index (χ3v) is 4.93. The van der Waals surface area contributed by atoms with Gasteiger partial charge in [-0.25, -0.2) is 4.98 Å². The Morgan fingerprint density at radius 1 is 1.26 bits per heavy atom. The lowest BCUT2D eigenvalue weighted by Gasteiger charge is -2.28. The summed E-state index contributed by atoms with van der Waals surface area (Å²) in [5.41, 5.74) is 1.36. The topological polar surface area (TPSA) is 58.7 Å². The van der Waals surface area contributed by atoms with E-state index in [1.807, 2.05) is 13.1 Å². The zero-order chi connectivity index (χ0) is 16.2. The molecule has 0 aliphatic heterocycles. The van der Waals surface area contributed by atoms with Gasteiger partial charge in [-0.15, -0.1) is 0 Å². The van der Waals surface area contributed by atoms with Gasteiger partial charge in [0.25, 0.3) is 0 Å². The molecule has 2 aromatic rings. The van der Waals surface area contributed by atoms with Crippen LogP contribution in [0.2, 0.25) is 0 Å². The highest BCUT2D eigenvalue weighted by atomic mass is 16.1. The Balaban J connectivity index is 1.66. The zero-order valence-electron chi connectivity index (χ0n) is 13.4.